The third-order valence-corrected chi connectivity index (χ3v) is 6.50. The molecule has 0 spiro atoms. The van der Waals surface area contributed by atoms with Crippen molar-refractivity contribution < 1.29 is 14.3 Å². The second kappa shape index (κ2) is 8.32. The summed E-state index contributed by atoms with van der Waals surface area (Å²) in [5, 5.41) is 6.38. The molecule has 2 amide bonds. The average molecular weight is 456 g/mol. The SMILES string of the molecule is Cc1nc(-c2ccc3c(c2)N(C(C)C(=O)Nc2cccc(Cl)c2C)C(=O)C(C)O3)cs1. The highest BCUT2D eigenvalue weighted by Crippen LogP contribution is 2.39. The van der Waals surface area contributed by atoms with Crippen LogP contribution in [0, 0.1) is 13.8 Å². The summed E-state index contributed by atoms with van der Waals surface area (Å²) in [6, 6.07) is 10.1. The number of thiazole rings is 1. The summed E-state index contributed by atoms with van der Waals surface area (Å²) in [6.45, 7) is 7.16. The Morgan fingerprint density at radius 1 is 1.29 bits per heavy atom. The van der Waals surface area contributed by atoms with E-state index in [1.165, 1.54) is 4.90 Å². The molecule has 160 valence electrons. The number of nitrogens with one attached hydrogen (secondary N) is 1. The number of ether oxygens (including phenoxy) is 1. The fourth-order valence-corrected chi connectivity index (χ4v) is 4.31. The minimum Gasteiger partial charge on any atom is -0.479 e. The van der Waals surface area contributed by atoms with Crippen LogP contribution in [0.2, 0.25) is 5.02 Å². The molecule has 1 aliphatic rings. The molecule has 0 radical (unpaired) electrons. The van der Waals surface area contributed by atoms with E-state index in [4.69, 9.17) is 16.3 Å². The molecule has 0 saturated carbocycles. The maximum Gasteiger partial charge on any atom is 0.268 e. The van der Waals surface area contributed by atoms with Crippen LogP contribution in [-0.4, -0.2) is 28.9 Å². The summed E-state index contributed by atoms with van der Waals surface area (Å²) >= 11 is 7.73. The van der Waals surface area contributed by atoms with Gasteiger partial charge in [-0.05, 0) is 63.6 Å². The molecule has 6 nitrogen and oxygen atoms in total. The van der Waals surface area contributed by atoms with E-state index >= 15 is 0 Å². The van der Waals surface area contributed by atoms with Gasteiger partial charge in [-0.15, -0.1) is 11.3 Å². The zero-order chi connectivity index (χ0) is 22.3. The predicted octanol–water partition coefficient (Wildman–Crippen LogP) is 5.22. The maximum atomic E-state index is 13.1. The van der Waals surface area contributed by atoms with Gasteiger partial charge in [0.1, 0.15) is 11.8 Å². The largest absolute Gasteiger partial charge is 0.479 e. The summed E-state index contributed by atoms with van der Waals surface area (Å²) in [5.41, 5.74) is 3.62. The van der Waals surface area contributed by atoms with E-state index < -0.39 is 12.1 Å². The van der Waals surface area contributed by atoms with E-state index in [-0.39, 0.29) is 11.8 Å². The third-order valence-electron chi connectivity index (χ3n) is 5.31. The Hall–Kier alpha value is -2.90. The molecule has 2 heterocycles. The van der Waals surface area contributed by atoms with Gasteiger partial charge in [-0.3, -0.25) is 14.5 Å². The van der Waals surface area contributed by atoms with Crippen LogP contribution in [0.1, 0.15) is 24.4 Å². The fourth-order valence-electron chi connectivity index (χ4n) is 3.51. The Labute approximate surface area is 189 Å². The van der Waals surface area contributed by atoms with Gasteiger partial charge in [0.25, 0.3) is 5.91 Å². The van der Waals surface area contributed by atoms with Crippen molar-refractivity contribution in [1.29, 1.82) is 0 Å². The molecule has 1 aromatic heterocycles. The molecule has 4 rings (SSSR count). The number of hydrogen-bond acceptors (Lipinski definition) is 5. The molecular weight excluding hydrogens is 434 g/mol. The van der Waals surface area contributed by atoms with Gasteiger partial charge < -0.3 is 10.1 Å². The topological polar surface area (TPSA) is 71.5 Å². The van der Waals surface area contributed by atoms with E-state index in [9.17, 15) is 9.59 Å². The van der Waals surface area contributed by atoms with Crippen molar-refractivity contribution in [2.45, 2.75) is 39.8 Å². The zero-order valence-corrected chi connectivity index (χ0v) is 19.2. The molecule has 0 fully saturated rings. The molecule has 2 aromatic carbocycles. The number of carbonyl (C=O) groups excluding carboxylic acids is 2. The van der Waals surface area contributed by atoms with Gasteiger partial charge in [0.15, 0.2) is 6.10 Å². The summed E-state index contributed by atoms with van der Waals surface area (Å²) in [6.07, 6.45) is -0.692. The second-order valence-corrected chi connectivity index (χ2v) is 8.95. The van der Waals surface area contributed by atoms with Crippen LogP contribution in [0.15, 0.2) is 41.8 Å². The van der Waals surface area contributed by atoms with Gasteiger partial charge in [0.2, 0.25) is 5.91 Å². The Kier molecular flexibility index (Phi) is 5.73. The Morgan fingerprint density at radius 3 is 2.77 bits per heavy atom. The molecule has 1 aliphatic heterocycles. The maximum absolute atomic E-state index is 13.1. The minimum absolute atomic E-state index is 0.274. The van der Waals surface area contributed by atoms with E-state index in [1.807, 2.05) is 37.4 Å². The molecule has 2 atom stereocenters. The zero-order valence-electron chi connectivity index (χ0n) is 17.6. The van der Waals surface area contributed by atoms with Gasteiger partial charge in [0.05, 0.1) is 16.4 Å². The first-order valence-corrected chi connectivity index (χ1v) is 11.1. The molecule has 31 heavy (non-hydrogen) atoms. The molecule has 1 N–H and O–H groups in total. The molecule has 2 unspecified atom stereocenters. The predicted molar refractivity (Wildman–Crippen MR) is 124 cm³/mol. The quantitative estimate of drug-likeness (QED) is 0.585. The Morgan fingerprint density at radius 2 is 2.06 bits per heavy atom. The van der Waals surface area contributed by atoms with Crippen molar-refractivity contribution >= 4 is 46.1 Å². The number of anilines is 2. The number of nitrogens with zero attached hydrogens (tertiary/aromatic N) is 2. The molecule has 0 aliphatic carbocycles. The molecule has 3 aromatic rings. The van der Waals surface area contributed by atoms with Crippen LogP contribution in [0.5, 0.6) is 5.75 Å². The fraction of sp³-hybridized carbons (Fsp3) is 0.261. The van der Waals surface area contributed by atoms with Crippen molar-refractivity contribution in [1.82, 2.24) is 4.98 Å². The first kappa shape index (κ1) is 21.3. The van der Waals surface area contributed by atoms with E-state index in [0.717, 1.165) is 21.8 Å². The lowest BCUT2D eigenvalue weighted by Gasteiger charge is -2.36. The van der Waals surface area contributed by atoms with Crippen LogP contribution in [-0.2, 0) is 9.59 Å². The average Bonchev–Trinajstić information content (AvgIpc) is 3.18. The number of halogens is 1. The minimum atomic E-state index is -0.761. The van der Waals surface area contributed by atoms with Crippen LogP contribution < -0.4 is 15.0 Å². The number of fused-ring (bicyclic) bond motifs is 1. The van der Waals surface area contributed by atoms with E-state index in [0.29, 0.717) is 22.1 Å². The summed E-state index contributed by atoms with van der Waals surface area (Å²) in [7, 11) is 0. The van der Waals surface area contributed by atoms with Crippen LogP contribution in [0.4, 0.5) is 11.4 Å². The normalized spacial score (nSPS) is 16.5. The molecule has 0 bridgehead atoms. The third kappa shape index (κ3) is 4.03. The van der Waals surface area contributed by atoms with Crippen molar-refractivity contribution in [2.24, 2.45) is 0 Å². The number of hydrogen-bond donors (Lipinski definition) is 1. The Bertz CT molecular complexity index is 1180. The number of amides is 2. The lowest BCUT2D eigenvalue weighted by Crippen LogP contribution is -2.52. The van der Waals surface area contributed by atoms with Gasteiger partial charge in [0, 0.05) is 21.7 Å². The lowest BCUT2D eigenvalue weighted by atomic mass is 10.1. The highest BCUT2D eigenvalue weighted by Gasteiger charge is 2.37. The lowest BCUT2D eigenvalue weighted by molar-refractivity contribution is -0.128. The first-order chi connectivity index (χ1) is 14.8. The Balaban J connectivity index is 1.69. The monoisotopic (exact) mass is 455 g/mol. The van der Waals surface area contributed by atoms with Crippen LogP contribution >= 0.6 is 22.9 Å². The highest BCUT2D eigenvalue weighted by molar-refractivity contribution is 7.09. The number of rotatable bonds is 4. The number of benzene rings is 2. The number of carbonyl (C=O) groups is 2. The number of aromatic nitrogens is 1. The smallest absolute Gasteiger partial charge is 0.268 e. The summed E-state index contributed by atoms with van der Waals surface area (Å²) in [4.78, 5) is 32.2. The van der Waals surface area contributed by atoms with Crippen molar-refractivity contribution in [3.8, 4) is 17.0 Å². The van der Waals surface area contributed by atoms with E-state index in [1.54, 1.807) is 43.4 Å². The summed E-state index contributed by atoms with van der Waals surface area (Å²) < 4.78 is 5.80. The van der Waals surface area contributed by atoms with Gasteiger partial charge >= 0.3 is 0 Å². The van der Waals surface area contributed by atoms with Gasteiger partial charge in [-0.25, -0.2) is 4.98 Å². The molecule has 0 saturated heterocycles. The standard InChI is InChI=1S/C23H22ClN3O3S/c1-12-17(24)6-5-7-18(12)26-22(28)13(2)27-20-10-16(19-11-31-15(4)25-19)8-9-21(20)30-14(3)23(27)29/h5-11,13-14H,1-4H3,(H,26,28). The first-order valence-electron chi connectivity index (χ1n) is 9.88. The van der Waals surface area contributed by atoms with Crippen LogP contribution in [0.3, 0.4) is 0 Å². The molecular formula is C23H22ClN3O3S. The number of aryl methyl sites for hydroxylation is 1. The van der Waals surface area contributed by atoms with Crippen molar-refractivity contribution in [3.63, 3.8) is 0 Å². The van der Waals surface area contributed by atoms with Crippen LogP contribution in [0.25, 0.3) is 11.3 Å². The second-order valence-electron chi connectivity index (χ2n) is 7.48. The van der Waals surface area contributed by atoms with E-state index in [2.05, 4.69) is 10.3 Å². The highest BCUT2D eigenvalue weighted by atomic mass is 35.5. The van der Waals surface area contributed by atoms with Gasteiger partial charge in [-0.2, -0.15) is 0 Å². The van der Waals surface area contributed by atoms with Gasteiger partial charge in [-0.1, -0.05) is 17.7 Å². The summed E-state index contributed by atoms with van der Waals surface area (Å²) in [5.74, 6) is -0.0281. The molecule has 8 heteroatoms. The van der Waals surface area contributed by atoms with Crippen molar-refractivity contribution in [3.05, 3.63) is 57.4 Å². The van der Waals surface area contributed by atoms with Crippen molar-refractivity contribution in [2.75, 3.05) is 10.2 Å².